The maximum atomic E-state index is 12.8. The van der Waals surface area contributed by atoms with Crippen LogP contribution in [0.5, 0.6) is 11.5 Å². The highest BCUT2D eigenvalue weighted by atomic mass is 35.5. The Balaban J connectivity index is 2.13. The Hall–Kier alpha value is -2.73. The highest BCUT2D eigenvalue weighted by molar-refractivity contribution is 6.31. The highest BCUT2D eigenvalue weighted by Gasteiger charge is 2.25. The summed E-state index contributed by atoms with van der Waals surface area (Å²) in [5.41, 5.74) is 0.892. The fourth-order valence-corrected chi connectivity index (χ4v) is 2.79. The van der Waals surface area contributed by atoms with Gasteiger partial charge in [-0.05, 0) is 55.3 Å². The van der Waals surface area contributed by atoms with E-state index in [4.69, 9.17) is 21.1 Å². The number of nitrogens with one attached hydrogen (secondary N) is 2. The van der Waals surface area contributed by atoms with Crippen LogP contribution in [-0.4, -0.2) is 31.6 Å². The molecule has 1 atom stereocenters. The minimum Gasteiger partial charge on any atom is -0.495 e. The average Bonchev–Trinajstić information content (AvgIpc) is 2.66. The van der Waals surface area contributed by atoms with Crippen molar-refractivity contribution in [1.82, 2.24) is 5.32 Å². The van der Waals surface area contributed by atoms with E-state index in [1.54, 1.807) is 42.5 Å². The van der Waals surface area contributed by atoms with Gasteiger partial charge in [-0.25, -0.2) is 0 Å². The third-order valence-corrected chi connectivity index (χ3v) is 4.32. The van der Waals surface area contributed by atoms with E-state index < -0.39 is 6.04 Å². The molecule has 2 aromatic rings. The van der Waals surface area contributed by atoms with Gasteiger partial charge in [-0.15, -0.1) is 0 Å². The summed E-state index contributed by atoms with van der Waals surface area (Å²) < 4.78 is 10.6. The van der Waals surface area contributed by atoms with E-state index in [0.717, 1.165) is 0 Å². The van der Waals surface area contributed by atoms with Crippen molar-refractivity contribution in [2.24, 2.45) is 5.92 Å². The van der Waals surface area contributed by atoms with Crippen LogP contribution >= 0.6 is 11.6 Å². The first-order valence-corrected chi connectivity index (χ1v) is 9.41. The van der Waals surface area contributed by atoms with E-state index in [-0.39, 0.29) is 17.7 Å². The van der Waals surface area contributed by atoms with E-state index in [2.05, 4.69) is 10.6 Å². The van der Waals surface area contributed by atoms with Crippen molar-refractivity contribution in [1.29, 1.82) is 0 Å². The molecule has 0 unspecified atom stereocenters. The molecule has 2 rings (SSSR count). The zero-order valence-electron chi connectivity index (χ0n) is 16.4. The Labute approximate surface area is 170 Å². The standard InChI is InChI=1S/C21H25ClN2O4/c1-5-28-16-9-6-14(7-10-16)20(25)24-19(13(2)3)21(26)23-17-12-15(22)8-11-18(17)27-4/h6-13,19H,5H2,1-4H3,(H,23,26)(H,24,25)/t19-/m1/s1. The second-order valence-electron chi connectivity index (χ2n) is 6.49. The largest absolute Gasteiger partial charge is 0.495 e. The molecule has 0 radical (unpaired) electrons. The molecule has 2 N–H and O–H groups in total. The van der Waals surface area contributed by atoms with Gasteiger partial charge in [-0.1, -0.05) is 25.4 Å². The monoisotopic (exact) mass is 404 g/mol. The smallest absolute Gasteiger partial charge is 0.251 e. The van der Waals surface area contributed by atoms with Gasteiger partial charge in [0.1, 0.15) is 17.5 Å². The molecule has 0 saturated carbocycles. The highest BCUT2D eigenvalue weighted by Crippen LogP contribution is 2.28. The van der Waals surface area contributed by atoms with Gasteiger partial charge in [0.25, 0.3) is 5.91 Å². The van der Waals surface area contributed by atoms with E-state index in [0.29, 0.717) is 34.4 Å². The van der Waals surface area contributed by atoms with Crippen LogP contribution in [0.4, 0.5) is 5.69 Å². The molecule has 0 spiro atoms. The molecule has 2 amide bonds. The number of ether oxygens (including phenoxy) is 2. The third-order valence-electron chi connectivity index (χ3n) is 4.08. The van der Waals surface area contributed by atoms with E-state index in [9.17, 15) is 9.59 Å². The predicted molar refractivity (Wildman–Crippen MR) is 110 cm³/mol. The lowest BCUT2D eigenvalue weighted by Gasteiger charge is -2.22. The van der Waals surface area contributed by atoms with Crippen molar-refractivity contribution < 1.29 is 19.1 Å². The van der Waals surface area contributed by atoms with Crippen molar-refractivity contribution in [3.8, 4) is 11.5 Å². The Morgan fingerprint density at radius 3 is 2.36 bits per heavy atom. The first-order chi connectivity index (χ1) is 13.3. The number of halogens is 1. The third kappa shape index (κ3) is 5.63. The molecule has 6 nitrogen and oxygen atoms in total. The maximum absolute atomic E-state index is 12.8. The molecule has 2 aromatic carbocycles. The number of carbonyl (C=O) groups is 2. The normalized spacial score (nSPS) is 11.6. The van der Waals surface area contributed by atoms with E-state index in [1.807, 2.05) is 20.8 Å². The van der Waals surface area contributed by atoms with Crippen molar-refractivity contribution in [3.63, 3.8) is 0 Å². The number of hydrogen-bond donors (Lipinski definition) is 2. The number of anilines is 1. The van der Waals surface area contributed by atoms with Crippen molar-refractivity contribution >= 4 is 29.1 Å². The topological polar surface area (TPSA) is 76.7 Å². The van der Waals surface area contributed by atoms with Crippen LogP contribution in [0.1, 0.15) is 31.1 Å². The summed E-state index contributed by atoms with van der Waals surface area (Å²) in [4.78, 5) is 25.4. The number of carbonyl (C=O) groups excluding carboxylic acids is 2. The van der Waals surface area contributed by atoms with E-state index in [1.165, 1.54) is 7.11 Å². The number of benzene rings is 2. The van der Waals surface area contributed by atoms with Crippen LogP contribution in [0, 0.1) is 5.92 Å². The second kappa shape index (κ2) is 9.99. The van der Waals surface area contributed by atoms with Crippen LogP contribution in [0.3, 0.4) is 0 Å². The molecule has 0 aliphatic carbocycles. The lowest BCUT2D eigenvalue weighted by atomic mass is 10.0. The van der Waals surface area contributed by atoms with Gasteiger partial charge >= 0.3 is 0 Å². The quantitative estimate of drug-likeness (QED) is 0.693. The summed E-state index contributed by atoms with van der Waals surface area (Å²) in [6.07, 6.45) is 0. The van der Waals surface area contributed by atoms with Crippen molar-refractivity contribution in [2.75, 3.05) is 19.0 Å². The molecule has 0 fully saturated rings. The minimum atomic E-state index is -0.734. The summed E-state index contributed by atoms with van der Waals surface area (Å²) in [6, 6.07) is 11.0. The predicted octanol–water partition coefficient (Wildman–Crippen LogP) is 4.14. The van der Waals surface area contributed by atoms with E-state index >= 15 is 0 Å². The molecule has 28 heavy (non-hydrogen) atoms. The van der Waals surface area contributed by atoms with Gasteiger partial charge in [0, 0.05) is 10.6 Å². The van der Waals surface area contributed by atoms with Crippen LogP contribution < -0.4 is 20.1 Å². The molecule has 0 aliphatic heterocycles. The molecule has 0 aliphatic rings. The first kappa shape index (κ1) is 21.6. The van der Waals surface area contributed by atoms with Crippen molar-refractivity contribution in [2.45, 2.75) is 26.8 Å². The molecule has 7 heteroatoms. The van der Waals surface area contributed by atoms with Crippen LogP contribution in [0.15, 0.2) is 42.5 Å². The van der Waals surface area contributed by atoms with Crippen LogP contribution in [-0.2, 0) is 4.79 Å². The van der Waals surface area contributed by atoms with Gasteiger partial charge in [0.15, 0.2) is 0 Å². The summed E-state index contributed by atoms with van der Waals surface area (Å²) in [5, 5.41) is 6.04. The molecule has 0 saturated heterocycles. The Kier molecular flexibility index (Phi) is 7.70. The van der Waals surface area contributed by atoms with Gasteiger partial charge < -0.3 is 20.1 Å². The Morgan fingerprint density at radius 1 is 1.11 bits per heavy atom. The first-order valence-electron chi connectivity index (χ1n) is 9.03. The summed E-state index contributed by atoms with van der Waals surface area (Å²) >= 11 is 6.01. The Bertz CT molecular complexity index is 822. The van der Waals surface area contributed by atoms with Crippen molar-refractivity contribution in [3.05, 3.63) is 53.1 Å². The zero-order valence-corrected chi connectivity index (χ0v) is 17.2. The molecular formula is C21H25ClN2O4. The SMILES string of the molecule is CCOc1ccc(C(=O)N[C@@H](C(=O)Nc2cc(Cl)ccc2OC)C(C)C)cc1. The summed E-state index contributed by atoms with van der Waals surface area (Å²) in [5.74, 6) is 0.352. The molecule has 0 aromatic heterocycles. The average molecular weight is 405 g/mol. The number of hydrogen-bond acceptors (Lipinski definition) is 4. The minimum absolute atomic E-state index is 0.128. The summed E-state index contributed by atoms with van der Waals surface area (Å²) in [7, 11) is 1.51. The fraction of sp³-hybridized carbons (Fsp3) is 0.333. The lowest BCUT2D eigenvalue weighted by molar-refractivity contribution is -0.118. The molecule has 0 bridgehead atoms. The second-order valence-corrected chi connectivity index (χ2v) is 6.92. The maximum Gasteiger partial charge on any atom is 0.251 e. The number of methoxy groups -OCH3 is 1. The van der Waals surface area contributed by atoms with Gasteiger partial charge in [0.2, 0.25) is 5.91 Å². The number of rotatable bonds is 8. The summed E-state index contributed by atoms with van der Waals surface area (Å²) in [6.45, 7) is 6.16. The van der Waals surface area contributed by atoms with Gasteiger partial charge in [-0.3, -0.25) is 9.59 Å². The van der Waals surface area contributed by atoms with Gasteiger partial charge in [0.05, 0.1) is 19.4 Å². The molecule has 150 valence electrons. The Morgan fingerprint density at radius 2 is 1.79 bits per heavy atom. The number of amides is 2. The van der Waals surface area contributed by atoms with Gasteiger partial charge in [-0.2, -0.15) is 0 Å². The van der Waals surface area contributed by atoms with Crippen LogP contribution in [0.2, 0.25) is 5.02 Å². The zero-order chi connectivity index (χ0) is 20.7. The van der Waals surface area contributed by atoms with Crippen LogP contribution in [0.25, 0.3) is 0 Å². The lowest BCUT2D eigenvalue weighted by Crippen LogP contribution is -2.47. The fourth-order valence-electron chi connectivity index (χ4n) is 2.62. The molecule has 0 heterocycles. The molecular weight excluding hydrogens is 380 g/mol.